The average molecular weight is 363 g/mol. The minimum Gasteiger partial charge on any atom is -0.496 e. The molecule has 0 saturated heterocycles. The highest BCUT2D eigenvalue weighted by atomic mass is 16.5. The Morgan fingerprint density at radius 1 is 1.19 bits per heavy atom. The number of carbonyl (C=O) groups is 2. The van der Waals surface area contributed by atoms with E-state index in [9.17, 15) is 9.59 Å². The van der Waals surface area contributed by atoms with Crippen molar-refractivity contribution in [3.05, 3.63) is 29.3 Å². The first kappa shape index (κ1) is 20.2. The van der Waals surface area contributed by atoms with Gasteiger partial charge in [-0.25, -0.2) is 4.79 Å². The summed E-state index contributed by atoms with van der Waals surface area (Å²) in [5, 5.41) is 2.97. The molecular weight excluding hydrogens is 334 g/mol. The lowest BCUT2D eigenvalue weighted by atomic mass is 9.79. The van der Waals surface area contributed by atoms with Crippen LogP contribution in [0.4, 0.5) is 0 Å². The molecule has 1 N–H and O–H groups in total. The lowest BCUT2D eigenvalue weighted by Crippen LogP contribution is -2.58. The predicted octanol–water partition coefficient (Wildman–Crippen LogP) is 2.72. The van der Waals surface area contributed by atoms with Crippen LogP contribution in [0, 0.1) is 6.92 Å². The van der Waals surface area contributed by atoms with Gasteiger partial charge in [0, 0.05) is 12.7 Å². The van der Waals surface area contributed by atoms with E-state index in [4.69, 9.17) is 14.2 Å². The maximum Gasteiger partial charge on any atom is 0.331 e. The first-order valence-electron chi connectivity index (χ1n) is 8.94. The third-order valence-corrected chi connectivity index (χ3v) is 5.31. The average Bonchev–Trinajstić information content (AvgIpc) is 2.67. The number of esters is 1. The van der Waals surface area contributed by atoms with Gasteiger partial charge in [-0.05, 0) is 51.2 Å². The number of carbonyl (C=O) groups excluding carboxylic acids is 2. The second kappa shape index (κ2) is 8.54. The fraction of sp³-hybridized carbons (Fsp3) is 0.600. The van der Waals surface area contributed by atoms with Gasteiger partial charge in [-0.1, -0.05) is 12.1 Å². The number of methoxy groups -OCH3 is 3. The lowest BCUT2D eigenvalue weighted by Gasteiger charge is -2.38. The van der Waals surface area contributed by atoms with Crippen LogP contribution in [0.3, 0.4) is 0 Å². The summed E-state index contributed by atoms with van der Waals surface area (Å²) in [5.74, 6) is -0.396. The molecule has 0 aliphatic heterocycles. The van der Waals surface area contributed by atoms with Crippen LogP contribution in [0.25, 0.3) is 0 Å². The fourth-order valence-corrected chi connectivity index (χ4v) is 3.56. The zero-order valence-corrected chi connectivity index (χ0v) is 16.3. The monoisotopic (exact) mass is 363 g/mol. The molecule has 0 radical (unpaired) electrons. The third-order valence-electron chi connectivity index (χ3n) is 5.31. The van der Waals surface area contributed by atoms with E-state index < -0.39 is 17.4 Å². The van der Waals surface area contributed by atoms with Gasteiger partial charge in [0.1, 0.15) is 11.3 Å². The molecule has 0 bridgehead atoms. The molecule has 1 aliphatic rings. The SMILES string of the molecule is COC(=O)C1(NC(=O)C(C)c2ccc(C)cc2OC)CCC(OC)CC1. The van der Waals surface area contributed by atoms with Crippen molar-refractivity contribution in [3.63, 3.8) is 0 Å². The summed E-state index contributed by atoms with van der Waals surface area (Å²) in [7, 11) is 4.61. The van der Waals surface area contributed by atoms with Crippen molar-refractivity contribution in [3.8, 4) is 5.75 Å². The fourth-order valence-electron chi connectivity index (χ4n) is 3.56. The summed E-state index contributed by atoms with van der Waals surface area (Å²) in [4.78, 5) is 25.4. The number of amides is 1. The molecule has 1 amide bonds. The Morgan fingerprint density at radius 3 is 2.38 bits per heavy atom. The van der Waals surface area contributed by atoms with E-state index in [2.05, 4.69) is 5.32 Å². The minimum absolute atomic E-state index is 0.110. The van der Waals surface area contributed by atoms with Gasteiger partial charge in [-0.15, -0.1) is 0 Å². The van der Waals surface area contributed by atoms with Crippen LogP contribution in [-0.4, -0.2) is 44.8 Å². The molecule has 2 rings (SSSR count). The van der Waals surface area contributed by atoms with Gasteiger partial charge in [0.05, 0.1) is 26.2 Å². The Bertz CT molecular complexity index is 650. The normalized spacial score (nSPS) is 23.8. The van der Waals surface area contributed by atoms with Gasteiger partial charge in [0.25, 0.3) is 0 Å². The Balaban J connectivity index is 2.20. The molecule has 1 atom stereocenters. The first-order chi connectivity index (χ1) is 12.4. The summed E-state index contributed by atoms with van der Waals surface area (Å²) < 4.78 is 15.8. The predicted molar refractivity (Wildman–Crippen MR) is 98.3 cm³/mol. The van der Waals surface area contributed by atoms with Gasteiger partial charge < -0.3 is 19.5 Å². The maximum absolute atomic E-state index is 12.9. The molecule has 0 heterocycles. The van der Waals surface area contributed by atoms with Crippen LogP contribution >= 0.6 is 0 Å². The van der Waals surface area contributed by atoms with Crippen LogP contribution in [0.15, 0.2) is 18.2 Å². The number of rotatable bonds is 6. The van der Waals surface area contributed by atoms with E-state index in [1.165, 1.54) is 7.11 Å². The van der Waals surface area contributed by atoms with E-state index in [0.29, 0.717) is 31.4 Å². The molecule has 1 saturated carbocycles. The molecule has 0 aromatic heterocycles. The molecule has 1 fully saturated rings. The van der Waals surface area contributed by atoms with Crippen LogP contribution in [-0.2, 0) is 19.1 Å². The van der Waals surface area contributed by atoms with Gasteiger partial charge in [-0.3, -0.25) is 4.79 Å². The Kier molecular flexibility index (Phi) is 6.64. The van der Waals surface area contributed by atoms with Crippen molar-refractivity contribution >= 4 is 11.9 Å². The van der Waals surface area contributed by atoms with Gasteiger partial charge in [0.2, 0.25) is 5.91 Å². The molecular formula is C20H29NO5. The largest absolute Gasteiger partial charge is 0.496 e. The van der Waals surface area contributed by atoms with E-state index in [0.717, 1.165) is 11.1 Å². The lowest BCUT2D eigenvalue weighted by molar-refractivity contribution is -0.154. The molecule has 6 heteroatoms. The Morgan fingerprint density at radius 2 is 1.85 bits per heavy atom. The third kappa shape index (κ3) is 4.18. The number of nitrogens with one attached hydrogen (secondary N) is 1. The molecule has 1 unspecified atom stereocenters. The summed E-state index contributed by atoms with van der Waals surface area (Å²) in [6.07, 6.45) is 2.52. The Labute approximate surface area is 155 Å². The second-order valence-corrected chi connectivity index (χ2v) is 6.97. The zero-order chi connectivity index (χ0) is 19.3. The van der Waals surface area contributed by atoms with E-state index >= 15 is 0 Å². The summed E-state index contributed by atoms with van der Waals surface area (Å²) in [5.41, 5.74) is 0.857. The number of hydrogen-bond acceptors (Lipinski definition) is 5. The number of benzene rings is 1. The van der Waals surface area contributed by atoms with Gasteiger partial charge in [0.15, 0.2) is 0 Å². The highest BCUT2D eigenvalue weighted by Crippen LogP contribution is 2.33. The van der Waals surface area contributed by atoms with Crippen LogP contribution < -0.4 is 10.1 Å². The molecule has 26 heavy (non-hydrogen) atoms. The van der Waals surface area contributed by atoms with Gasteiger partial charge in [-0.2, -0.15) is 0 Å². The standard InChI is InChI=1S/C20H29NO5/c1-13-6-7-16(17(12-13)25-4)14(2)18(22)21-20(19(23)26-5)10-8-15(24-3)9-11-20/h6-7,12,14-15H,8-11H2,1-5H3,(H,21,22). The van der Waals surface area contributed by atoms with Crippen molar-refractivity contribution in [2.45, 2.75) is 57.1 Å². The van der Waals surface area contributed by atoms with Crippen molar-refractivity contribution in [2.24, 2.45) is 0 Å². The quantitative estimate of drug-likeness (QED) is 0.787. The molecule has 1 aromatic rings. The van der Waals surface area contributed by atoms with E-state index in [-0.39, 0.29) is 12.0 Å². The maximum atomic E-state index is 12.9. The molecule has 1 aromatic carbocycles. The number of hydrogen-bond donors (Lipinski definition) is 1. The highest BCUT2D eigenvalue weighted by molar-refractivity contribution is 5.91. The molecule has 6 nitrogen and oxygen atoms in total. The minimum atomic E-state index is -0.993. The topological polar surface area (TPSA) is 73.9 Å². The summed E-state index contributed by atoms with van der Waals surface area (Å²) in [6.45, 7) is 3.78. The zero-order valence-electron chi connectivity index (χ0n) is 16.3. The number of ether oxygens (including phenoxy) is 3. The van der Waals surface area contributed by atoms with E-state index in [1.54, 1.807) is 14.2 Å². The highest BCUT2D eigenvalue weighted by Gasteiger charge is 2.45. The van der Waals surface area contributed by atoms with Crippen molar-refractivity contribution in [1.82, 2.24) is 5.32 Å². The Hall–Kier alpha value is -2.08. The van der Waals surface area contributed by atoms with Crippen LogP contribution in [0.1, 0.15) is 49.7 Å². The number of aryl methyl sites for hydroxylation is 1. The summed E-state index contributed by atoms with van der Waals surface area (Å²) >= 11 is 0. The molecule has 0 spiro atoms. The second-order valence-electron chi connectivity index (χ2n) is 6.97. The van der Waals surface area contributed by atoms with Crippen LogP contribution in [0.5, 0.6) is 5.75 Å². The smallest absolute Gasteiger partial charge is 0.331 e. The molecule has 144 valence electrons. The molecule has 1 aliphatic carbocycles. The van der Waals surface area contributed by atoms with Crippen LogP contribution in [0.2, 0.25) is 0 Å². The van der Waals surface area contributed by atoms with Crippen molar-refractivity contribution in [2.75, 3.05) is 21.3 Å². The first-order valence-corrected chi connectivity index (χ1v) is 8.94. The van der Waals surface area contributed by atoms with Gasteiger partial charge >= 0.3 is 5.97 Å². The van der Waals surface area contributed by atoms with Crippen molar-refractivity contribution in [1.29, 1.82) is 0 Å². The summed E-state index contributed by atoms with van der Waals surface area (Å²) in [6, 6.07) is 5.74. The van der Waals surface area contributed by atoms with Crippen molar-refractivity contribution < 1.29 is 23.8 Å². The van der Waals surface area contributed by atoms with E-state index in [1.807, 2.05) is 32.0 Å².